The van der Waals surface area contributed by atoms with Crippen LogP contribution in [-0.2, 0) is 16.0 Å². The Morgan fingerprint density at radius 3 is 2.50 bits per heavy atom. The van der Waals surface area contributed by atoms with Crippen molar-refractivity contribution in [2.24, 2.45) is 0 Å². The SMILES string of the molecule is N#Cc1ccc(CCC(=O)NCCN2C(=O)S/C(=C\c3ccc(Cl)cc3)C2=O)cc1. The molecule has 3 rings (SSSR count). The maximum Gasteiger partial charge on any atom is 0.293 e. The lowest BCUT2D eigenvalue weighted by Crippen LogP contribution is -2.37. The summed E-state index contributed by atoms with van der Waals surface area (Å²) in [4.78, 5) is 38.1. The maximum absolute atomic E-state index is 12.5. The van der Waals surface area contributed by atoms with E-state index in [1.807, 2.05) is 18.2 Å². The number of hydrogen-bond acceptors (Lipinski definition) is 5. The Hall–Kier alpha value is -3.08. The van der Waals surface area contributed by atoms with Gasteiger partial charge in [0.15, 0.2) is 0 Å². The lowest BCUT2D eigenvalue weighted by molar-refractivity contribution is -0.124. The summed E-state index contributed by atoms with van der Waals surface area (Å²) in [6.07, 6.45) is 2.48. The van der Waals surface area contributed by atoms with Gasteiger partial charge in [-0.05, 0) is 59.7 Å². The zero-order valence-electron chi connectivity index (χ0n) is 15.9. The van der Waals surface area contributed by atoms with Crippen molar-refractivity contribution in [2.75, 3.05) is 13.1 Å². The minimum absolute atomic E-state index is 0.116. The number of aryl methyl sites for hydroxylation is 1. The van der Waals surface area contributed by atoms with Gasteiger partial charge in [-0.25, -0.2) is 0 Å². The summed E-state index contributed by atoms with van der Waals surface area (Å²) in [5.74, 6) is -0.533. The lowest BCUT2D eigenvalue weighted by Gasteiger charge is -2.13. The molecule has 8 heteroatoms. The summed E-state index contributed by atoms with van der Waals surface area (Å²) in [5.41, 5.74) is 2.31. The molecule has 3 amide bonds. The van der Waals surface area contributed by atoms with Crippen molar-refractivity contribution in [3.05, 3.63) is 75.1 Å². The van der Waals surface area contributed by atoms with Gasteiger partial charge in [0.2, 0.25) is 5.91 Å². The van der Waals surface area contributed by atoms with E-state index in [0.29, 0.717) is 21.9 Å². The summed E-state index contributed by atoms with van der Waals surface area (Å²) in [5, 5.41) is 11.8. The average Bonchev–Trinajstić information content (AvgIpc) is 3.01. The number of halogens is 1. The van der Waals surface area contributed by atoms with Crippen molar-refractivity contribution in [3.8, 4) is 6.07 Å². The highest BCUT2D eigenvalue weighted by atomic mass is 35.5. The van der Waals surface area contributed by atoms with E-state index >= 15 is 0 Å². The van der Waals surface area contributed by atoms with Gasteiger partial charge in [0.1, 0.15) is 0 Å². The summed E-state index contributed by atoms with van der Waals surface area (Å²) in [7, 11) is 0. The molecular formula is C22H18ClN3O3S. The van der Waals surface area contributed by atoms with Crippen LogP contribution in [0.4, 0.5) is 4.79 Å². The molecule has 1 aliphatic rings. The first kappa shape index (κ1) is 21.6. The number of nitriles is 1. The highest BCUT2D eigenvalue weighted by Crippen LogP contribution is 2.32. The molecule has 0 spiro atoms. The molecule has 30 heavy (non-hydrogen) atoms. The summed E-state index contributed by atoms with van der Waals surface area (Å²) >= 11 is 6.73. The van der Waals surface area contributed by atoms with Crippen LogP contribution in [0.3, 0.4) is 0 Å². The topological polar surface area (TPSA) is 90.3 Å². The van der Waals surface area contributed by atoms with E-state index in [4.69, 9.17) is 16.9 Å². The molecule has 0 aromatic heterocycles. The molecule has 0 radical (unpaired) electrons. The van der Waals surface area contributed by atoms with Crippen LogP contribution in [0.1, 0.15) is 23.1 Å². The molecule has 1 fully saturated rings. The number of amides is 3. The Balaban J connectivity index is 1.46. The van der Waals surface area contributed by atoms with E-state index in [-0.39, 0.29) is 36.6 Å². The Bertz CT molecular complexity index is 1030. The Labute approximate surface area is 183 Å². The molecule has 6 nitrogen and oxygen atoms in total. The third-order valence-corrected chi connectivity index (χ3v) is 5.58. The van der Waals surface area contributed by atoms with Gasteiger partial charge in [0, 0.05) is 24.5 Å². The van der Waals surface area contributed by atoms with Crippen molar-refractivity contribution >= 4 is 46.5 Å². The molecule has 1 heterocycles. The number of thioether (sulfide) groups is 1. The molecule has 0 aliphatic carbocycles. The number of benzene rings is 2. The van der Waals surface area contributed by atoms with Crippen molar-refractivity contribution < 1.29 is 14.4 Å². The van der Waals surface area contributed by atoms with Crippen LogP contribution >= 0.6 is 23.4 Å². The molecule has 152 valence electrons. The van der Waals surface area contributed by atoms with Crippen LogP contribution in [-0.4, -0.2) is 35.0 Å². The molecule has 0 atom stereocenters. The van der Waals surface area contributed by atoms with Crippen LogP contribution in [0, 0.1) is 11.3 Å². The van der Waals surface area contributed by atoms with Gasteiger partial charge < -0.3 is 5.32 Å². The standard InChI is InChI=1S/C22H18ClN3O3S/c23-18-8-5-16(6-9-18)13-19-21(28)26(22(29)30-19)12-11-25-20(27)10-7-15-1-3-17(14-24)4-2-15/h1-6,8-9,13H,7,10-12H2,(H,25,27)/b19-13-. The fraction of sp³-hybridized carbons (Fsp3) is 0.182. The van der Waals surface area contributed by atoms with Crippen molar-refractivity contribution in [1.82, 2.24) is 10.2 Å². The van der Waals surface area contributed by atoms with Gasteiger partial charge in [-0.15, -0.1) is 0 Å². The fourth-order valence-electron chi connectivity index (χ4n) is 2.80. The van der Waals surface area contributed by atoms with Crippen molar-refractivity contribution in [1.29, 1.82) is 5.26 Å². The Kier molecular flexibility index (Phi) is 7.28. The Morgan fingerprint density at radius 1 is 1.13 bits per heavy atom. The lowest BCUT2D eigenvalue weighted by atomic mass is 10.1. The third kappa shape index (κ3) is 5.72. The van der Waals surface area contributed by atoms with E-state index in [1.54, 1.807) is 42.5 Å². The number of imide groups is 1. The fourth-order valence-corrected chi connectivity index (χ4v) is 3.79. The van der Waals surface area contributed by atoms with Crippen LogP contribution in [0.25, 0.3) is 6.08 Å². The normalized spacial score (nSPS) is 14.8. The van der Waals surface area contributed by atoms with Crippen LogP contribution < -0.4 is 5.32 Å². The molecule has 0 saturated carbocycles. The first-order chi connectivity index (χ1) is 14.5. The quantitative estimate of drug-likeness (QED) is 0.658. The molecule has 0 bridgehead atoms. The maximum atomic E-state index is 12.5. The summed E-state index contributed by atoms with van der Waals surface area (Å²) in [6, 6.07) is 16.1. The van der Waals surface area contributed by atoms with Crippen LogP contribution in [0.2, 0.25) is 5.02 Å². The average molecular weight is 440 g/mol. The van der Waals surface area contributed by atoms with Gasteiger partial charge in [-0.1, -0.05) is 35.9 Å². The molecule has 2 aromatic carbocycles. The van der Waals surface area contributed by atoms with Crippen molar-refractivity contribution in [2.45, 2.75) is 12.8 Å². The first-order valence-electron chi connectivity index (χ1n) is 9.23. The van der Waals surface area contributed by atoms with Gasteiger partial charge in [-0.2, -0.15) is 5.26 Å². The highest BCUT2D eigenvalue weighted by molar-refractivity contribution is 8.18. The van der Waals surface area contributed by atoms with Crippen LogP contribution in [0.5, 0.6) is 0 Å². The molecule has 1 aliphatic heterocycles. The minimum Gasteiger partial charge on any atom is -0.354 e. The van der Waals surface area contributed by atoms with Crippen molar-refractivity contribution in [3.63, 3.8) is 0 Å². The zero-order chi connectivity index (χ0) is 21.5. The molecule has 1 N–H and O–H groups in total. The van der Waals surface area contributed by atoms with E-state index in [9.17, 15) is 14.4 Å². The van der Waals surface area contributed by atoms with Gasteiger partial charge in [0.25, 0.3) is 11.1 Å². The summed E-state index contributed by atoms with van der Waals surface area (Å²) < 4.78 is 0. The molecule has 2 aromatic rings. The highest BCUT2D eigenvalue weighted by Gasteiger charge is 2.34. The van der Waals surface area contributed by atoms with Crippen LogP contribution in [0.15, 0.2) is 53.4 Å². The second-order valence-corrected chi connectivity index (χ2v) is 7.97. The second-order valence-electron chi connectivity index (χ2n) is 6.54. The van der Waals surface area contributed by atoms with E-state index in [2.05, 4.69) is 5.32 Å². The largest absolute Gasteiger partial charge is 0.354 e. The Morgan fingerprint density at radius 2 is 1.83 bits per heavy atom. The van der Waals surface area contributed by atoms with Gasteiger partial charge in [-0.3, -0.25) is 19.3 Å². The number of rotatable bonds is 7. The second kappa shape index (κ2) is 10.1. The third-order valence-electron chi connectivity index (χ3n) is 4.42. The number of nitrogens with one attached hydrogen (secondary N) is 1. The van der Waals surface area contributed by atoms with E-state index < -0.39 is 0 Å². The smallest absolute Gasteiger partial charge is 0.293 e. The predicted molar refractivity (Wildman–Crippen MR) is 117 cm³/mol. The van der Waals surface area contributed by atoms with Gasteiger partial charge >= 0.3 is 0 Å². The van der Waals surface area contributed by atoms with E-state index in [0.717, 1.165) is 27.8 Å². The predicted octanol–water partition coefficient (Wildman–Crippen LogP) is 4.00. The first-order valence-corrected chi connectivity index (χ1v) is 10.4. The number of carbonyl (C=O) groups excluding carboxylic acids is 3. The zero-order valence-corrected chi connectivity index (χ0v) is 17.5. The summed E-state index contributed by atoms with van der Waals surface area (Å²) in [6.45, 7) is 0.309. The number of hydrogen-bond donors (Lipinski definition) is 1. The molecule has 0 unspecified atom stereocenters. The van der Waals surface area contributed by atoms with E-state index in [1.165, 1.54) is 0 Å². The monoisotopic (exact) mass is 439 g/mol. The van der Waals surface area contributed by atoms with Gasteiger partial charge in [0.05, 0.1) is 16.5 Å². The number of nitrogens with zero attached hydrogens (tertiary/aromatic N) is 2. The minimum atomic E-state index is -0.369. The number of carbonyl (C=O) groups is 3. The molecular weight excluding hydrogens is 422 g/mol. The molecule has 1 saturated heterocycles.